The van der Waals surface area contributed by atoms with Gasteiger partial charge in [-0.1, -0.05) is 38.0 Å². The predicted molar refractivity (Wildman–Crippen MR) is 94.1 cm³/mol. The van der Waals surface area contributed by atoms with E-state index in [1.54, 1.807) is 0 Å². The van der Waals surface area contributed by atoms with Crippen molar-refractivity contribution in [2.75, 3.05) is 0 Å². The van der Waals surface area contributed by atoms with Crippen LogP contribution in [0.2, 0.25) is 0 Å². The molecule has 0 spiro atoms. The van der Waals surface area contributed by atoms with Crippen LogP contribution in [-0.2, 0) is 6.54 Å². The number of hydrogen-bond donors (Lipinski definition) is 1. The van der Waals surface area contributed by atoms with Gasteiger partial charge in [0.1, 0.15) is 0 Å². The fraction of sp³-hybridized carbons (Fsp3) is 0.474. The first-order valence-corrected chi connectivity index (χ1v) is 8.25. The molecule has 0 saturated heterocycles. The summed E-state index contributed by atoms with van der Waals surface area (Å²) in [5, 5.41) is 3.66. The maximum Gasteiger partial charge on any atom is 0.0572 e. The summed E-state index contributed by atoms with van der Waals surface area (Å²) in [6.45, 7) is 7.23. The zero-order valence-electron chi connectivity index (χ0n) is 14.0. The van der Waals surface area contributed by atoms with E-state index in [0.29, 0.717) is 6.04 Å². The Morgan fingerprint density at radius 3 is 2.95 bits per heavy atom. The zero-order chi connectivity index (χ0) is 15.8. The average molecular weight is 297 g/mol. The fourth-order valence-electron chi connectivity index (χ4n) is 2.59. The number of unbranched alkanes of at least 4 members (excludes halogenated alkanes) is 1. The number of aromatic nitrogens is 1. The molecule has 0 aliphatic carbocycles. The van der Waals surface area contributed by atoms with Crippen molar-refractivity contribution in [1.29, 1.82) is 0 Å². The number of nitrogens with zero attached hydrogens (tertiary/aromatic N) is 2. The molecule has 1 aromatic rings. The topological polar surface area (TPSA) is 37.3 Å². The molecular formula is C19H27N3. The smallest absolute Gasteiger partial charge is 0.0572 e. The van der Waals surface area contributed by atoms with E-state index in [2.05, 4.69) is 55.4 Å². The lowest BCUT2D eigenvalue weighted by Crippen LogP contribution is -2.31. The molecule has 2 rings (SSSR count). The molecule has 0 amide bonds. The number of pyridine rings is 1. The molecule has 0 saturated carbocycles. The van der Waals surface area contributed by atoms with Gasteiger partial charge in [0.2, 0.25) is 0 Å². The van der Waals surface area contributed by atoms with Crippen LogP contribution in [0, 0.1) is 6.92 Å². The Morgan fingerprint density at radius 1 is 1.32 bits per heavy atom. The van der Waals surface area contributed by atoms with E-state index in [1.807, 2.05) is 12.3 Å². The summed E-state index contributed by atoms with van der Waals surface area (Å²) < 4.78 is 0. The molecule has 2 heterocycles. The van der Waals surface area contributed by atoms with Gasteiger partial charge in [0, 0.05) is 30.9 Å². The molecule has 22 heavy (non-hydrogen) atoms. The van der Waals surface area contributed by atoms with Crippen LogP contribution in [0.1, 0.15) is 50.8 Å². The average Bonchev–Trinajstić information content (AvgIpc) is 2.73. The van der Waals surface area contributed by atoms with Crippen molar-refractivity contribution in [2.45, 2.75) is 59.0 Å². The second kappa shape index (κ2) is 8.64. The summed E-state index contributed by atoms with van der Waals surface area (Å²) in [4.78, 5) is 9.27. The molecule has 3 nitrogen and oxygen atoms in total. The summed E-state index contributed by atoms with van der Waals surface area (Å²) in [5.41, 5.74) is 4.68. The number of allylic oxidation sites excluding steroid dienone is 3. The van der Waals surface area contributed by atoms with E-state index >= 15 is 0 Å². The van der Waals surface area contributed by atoms with Crippen molar-refractivity contribution in [2.24, 2.45) is 4.99 Å². The van der Waals surface area contributed by atoms with Gasteiger partial charge in [-0.2, -0.15) is 0 Å². The van der Waals surface area contributed by atoms with Crippen molar-refractivity contribution in [3.05, 3.63) is 53.5 Å². The Kier molecular flexibility index (Phi) is 6.53. The molecule has 118 valence electrons. The number of nitrogens with one attached hydrogen (secondary N) is 1. The van der Waals surface area contributed by atoms with Crippen LogP contribution >= 0.6 is 0 Å². The Morgan fingerprint density at radius 2 is 2.18 bits per heavy atom. The summed E-state index contributed by atoms with van der Waals surface area (Å²) in [7, 11) is 0. The molecule has 1 aliphatic rings. The normalized spacial score (nSPS) is 16.0. The van der Waals surface area contributed by atoms with Gasteiger partial charge in [-0.05, 0) is 38.0 Å². The van der Waals surface area contributed by atoms with E-state index in [9.17, 15) is 0 Å². The third kappa shape index (κ3) is 4.92. The van der Waals surface area contributed by atoms with Crippen molar-refractivity contribution in [3.63, 3.8) is 0 Å². The zero-order valence-corrected chi connectivity index (χ0v) is 14.0. The number of hydrogen-bond acceptors (Lipinski definition) is 3. The molecule has 1 unspecified atom stereocenters. The highest BCUT2D eigenvalue weighted by Gasteiger charge is 2.14. The second-order valence-electron chi connectivity index (χ2n) is 5.91. The second-order valence-corrected chi connectivity index (χ2v) is 5.91. The largest absolute Gasteiger partial charge is 0.303 e. The molecule has 1 aliphatic heterocycles. The molecule has 0 radical (unpaired) electrons. The van der Waals surface area contributed by atoms with Gasteiger partial charge < -0.3 is 5.32 Å². The van der Waals surface area contributed by atoms with Crippen LogP contribution in [-0.4, -0.2) is 16.7 Å². The highest BCUT2D eigenvalue weighted by Crippen LogP contribution is 2.16. The molecule has 0 bridgehead atoms. The van der Waals surface area contributed by atoms with Crippen LogP contribution in [0.3, 0.4) is 0 Å². The van der Waals surface area contributed by atoms with Crippen molar-refractivity contribution >= 4 is 5.71 Å². The molecule has 1 N–H and O–H groups in total. The van der Waals surface area contributed by atoms with Gasteiger partial charge in [-0.3, -0.25) is 9.98 Å². The number of rotatable bonds is 7. The van der Waals surface area contributed by atoms with Gasteiger partial charge in [0.25, 0.3) is 0 Å². The molecule has 0 aromatic carbocycles. The summed E-state index contributed by atoms with van der Waals surface area (Å²) in [5.74, 6) is 0. The van der Waals surface area contributed by atoms with E-state index in [0.717, 1.165) is 30.8 Å². The Labute approximate surface area is 134 Å². The lowest BCUT2D eigenvalue weighted by molar-refractivity contribution is 0.505. The van der Waals surface area contributed by atoms with Crippen molar-refractivity contribution in [3.8, 4) is 0 Å². The third-order valence-electron chi connectivity index (χ3n) is 3.97. The first-order chi connectivity index (χ1) is 10.7. The van der Waals surface area contributed by atoms with E-state index in [-0.39, 0.29) is 0 Å². The maximum atomic E-state index is 4.80. The molecule has 1 atom stereocenters. The van der Waals surface area contributed by atoms with Gasteiger partial charge >= 0.3 is 0 Å². The Bertz CT molecular complexity index is 570. The van der Waals surface area contributed by atoms with E-state index in [4.69, 9.17) is 4.99 Å². The number of aryl methyl sites for hydroxylation is 1. The SMILES string of the molecule is CCCCC(NCc1ncccc1C)C1=CC=CCC(C)=N1. The Hall–Kier alpha value is -1.74. The fourth-order valence-corrected chi connectivity index (χ4v) is 2.59. The minimum atomic E-state index is 0.291. The summed E-state index contributed by atoms with van der Waals surface area (Å²) >= 11 is 0. The van der Waals surface area contributed by atoms with Crippen molar-refractivity contribution in [1.82, 2.24) is 10.3 Å². The molecule has 3 heteroatoms. The standard InChI is InChI=1S/C19H27N3/c1-4-5-11-17(18-12-7-6-10-16(3)22-18)21-14-19-15(2)9-8-13-20-19/h6-9,12-13,17,21H,4-5,10-11,14H2,1-3H3. The molecular weight excluding hydrogens is 270 g/mol. The lowest BCUT2D eigenvalue weighted by atomic mass is 10.1. The van der Waals surface area contributed by atoms with Crippen LogP contribution in [0.5, 0.6) is 0 Å². The summed E-state index contributed by atoms with van der Waals surface area (Å²) in [6, 6.07) is 4.39. The first kappa shape index (κ1) is 16.6. The van der Waals surface area contributed by atoms with Crippen LogP contribution in [0.15, 0.2) is 47.2 Å². The van der Waals surface area contributed by atoms with E-state index in [1.165, 1.54) is 24.1 Å². The molecule has 0 fully saturated rings. The summed E-state index contributed by atoms with van der Waals surface area (Å²) in [6.07, 6.45) is 12.8. The number of aliphatic imine (C=N–C) groups is 1. The highest BCUT2D eigenvalue weighted by molar-refractivity contribution is 5.84. The Balaban J connectivity index is 2.09. The van der Waals surface area contributed by atoms with Crippen LogP contribution in [0.25, 0.3) is 0 Å². The minimum absolute atomic E-state index is 0.291. The van der Waals surface area contributed by atoms with Gasteiger partial charge in [-0.15, -0.1) is 0 Å². The lowest BCUT2D eigenvalue weighted by Gasteiger charge is -2.20. The minimum Gasteiger partial charge on any atom is -0.303 e. The van der Waals surface area contributed by atoms with Gasteiger partial charge in [0.05, 0.1) is 11.4 Å². The third-order valence-corrected chi connectivity index (χ3v) is 3.97. The quantitative estimate of drug-likeness (QED) is 0.812. The van der Waals surface area contributed by atoms with Crippen LogP contribution in [0.4, 0.5) is 0 Å². The maximum absolute atomic E-state index is 4.80. The van der Waals surface area contributed by atoms with Crippen LogP contribution < -0.4 is 5.32 Å². The van der Waals surface area contributed by atoms with Gasteiger partial charge in [0.15, 0.2) is 0 Å². The molecule has 1 aromatic heterocycles. The van der Waals surface area contributed by atoms with Gasteiger partial charge in [-0.25, -0.2) is 0 Å². The van der Waals surface area contributed by atoms with Crippen molar-refractivity contribution < 1.29 is 0 Å². The predicted octanol–water partition coefficient (Wildman–Crippen LogP) is 4.34. The highest BCUT2D eigenvalue weighted by atomic mass is 15.0. The van der Waals surface area contributed by atoms with E-state index < -0.39 is 0 Å². The first-order valence-electron chi connectivity index (χ1n) is 8.25. The monoisotopic (exact) mass is 297 g/mol.